The first-order valence-corrected chi connectivity index (χ1v) is 7.89. The summed E-state index contributed by atoms with van der Waals surface area (Å²) in [4.78, 5) is 4.55. The van der Waals surface area contributed by atoms with E-state index in [-0.39, 0.29) is 0 Å². The Hall–Kier alpha value is -2.35. The Morgan fingerprint density at radius 3 is 2.64 bits per heavy atom. The summed E-state index contributed by atoms with van der Waals surface area (Å²) < 4.78 is 1.96. The molecule has 5 heteroatoms. The minimum atomic E-state index is 0.361. The third-order valence-corrected chi connectivity index (χ3v) is 4.68. The fraction of sp³-hybridized carbons (Fsp3) is 0.471. The van der Waals surface area contributed by atoms with Crippen LogP contribution >= 0.6 is 0 Å². The van der Waals surface area contributed by atoms with E-state index >= 15 is 0 Å². The Bertz CT molecular complexity index is 751. The van der Waals surface area contributed by atoms with Gasteiger partial charge in [0.2, 0.25) is 5.69 Å². The second-order valence-corrected chi connectivity index (χ2v) is 6.03. The summed E-state index contributed by atoms with van der Waals surface area (Å²) in [6.07, 6.45) is 8.66. The van der Waals surface area contributed by atoms with Crippen LogP contribution in [0.3, 0.4) is 0 Å². The van der Waals surface area contributed by atoms with E-state index < -0.39 is 0 Å². The van der Waals surface area contributed by atoms with Crippen molar-refractivity contribution in [1.82, 2.24) is 10.1 Å². The van der Waals surface area contributed by atoms with Crippen molar-refractivity contribution in [2.75, 3.05) is 5.73 Å². The van der Waals surface area contributed by atoms with Gasteiger partial charge in [0.1, 0.15) is 17.5 Å². The van der Waals surface area contributed by atoms with Crippen LogP contribution in [0.4, 0.5) is 5.82 Å². The van der Waals surface area contributed by atoms with Crippen LogP contribution in [-0.2, 0) is 19.9 Å². The number of hydrogen-bond donors (Lipinski definition) is 2. The maximum atomic E-state index is 9.60. The third kappa shape index (κ3) is 2.35. The molecule has 0 atom stereocenters. The van der Waals surface area contributed by atoms with Crippen LogP contribution in [0.1, 0.15) is 48.2 Å². The zero-order chi connectivity index (χ0) is 15.7. The zero-order valence-electron chi connectivity index (χ0n) is 13.2. The maximum absolute atomic E-state index is 9.60. The molecule has 2 aromatic rings. The molecule has 1 aliphatic carbocycles. The summed E-state index contributed by atoms with van der Waals surface area (Å²) in [6.45, 7) is 2.05. The number of nitriles is 1. The lowest BCUT2D eigenvalue weighted by atomic mass is 9.88. The van der Waals surface area contributed by atoms with Crippen molar-refractivity contribution in [1.29, 1.82) is 5.26 Å². The molecule has 5 nitrogen and oxygen atoms in total. The Balaban J connectivity index is 2.30. The van der Waals surface area contributed by atoms with E-state index in [1.807, 2.05) is 17.9 Å². The van der Waals surface area contributed by atoms with Gasteiger partial charge in [-0.05, 0) is 31.2 Å². The number of hydrogen-bond acceptors (Lipinski definition) is 3. The van der Waals surface area contributed by atoms with Gasteiger partial charge in [0.15, 0.2) is 7.05 Å². The molecule has 0 saturated carbocycles. The highest BCUT2D eigenvalue weighted by atomic mass is 15.3. The molecule has 0 aliphatic heterocycles. The Kier molecular flexibility index (Phi) is 3.84. The number of nitrogens with two attached hydrogens (primary N) is 1. The van der Waals surface area contributed by atoms with Crippen LogP contribution in [-0.4, -0.2) is 10.1 Å². The van der Waals surface area contributed by atoms with Crippen LogP contribution in [0.15, 0.2) is 6.20 Å². The monoisotopic (exact) mass is 296 g/mol. The molecule has 0 unspecified atom stereocenters. The number of anilines is 1. The van der Waals surface area contributed by atoms with Gasteiger partial charge in [-0.3, -0.25) is 0 Å². The van der Waals surface area contributed by atoms with E-state index in [1.165, 1.54) is 18.4 Å². The zero-order valence-corrected chi connectivity index (χ0v) is 13.2. The molecule has 0 bridgehead atoms. The van der Waals surface area contributed by atoms with Gasteiger partial charge in [-0.1, -0.05) is 12.8 Å². The first kappa shape index (κ1) is 14.6. The molecule has 0 amide bonds. The Labute approximate surface area is 130 Å². The van der Waals surface area contributed by atoms with Crippen LogP contribution in [0.5, 0.6) is 0 Å². The number of nitrogen functional groups attached to an aromatic ring is 1. The van der Waals surface area contributed by atoms with Crippen LogP contribution in [0, 0.1) is 18.3 Å². The number of nitrogens with zero attached hydrogens (tertiary/aromatic N) is 3. The minimum Gasteiger partial charge on any atom is -0.383 e. The third-order valence-electron chi connectivity index (χ3n) is 4.68. The molecule has 3 rings (SSSR count). The first-order valence-electron chi connectivity index (χ1n) is 7.89. The maximum Gasteiger partial charge on any atom is 0.212 e. The highest BCUT2D eigenvalue weighted by molar-refractivity contribution is 5.79. The van der Waals surface area contributed by atoms with E-state index in [0.717, 1.165) is 48.2 Å². The lowest BCUT2D eigenvalue weighted by Gasteiger charge is -2.18. The SMILES string of the molecule is Cc1c(-c2c(C#N)c(N)nc3c2CCCCCC3)c[nH][n+]1C. The van der Waals surface area contributed by atoms with E-state index in [2.05, 4.69) is 23.1 Å². The van der Waals surface area contributed by atoms with Crippen molar-refractivity contribution in [3.8, 4) is 17.2 Å². The number of pyridine rings is 1. The van der Waals surface area contributed by atoms with Gasteiger partial charge < -0.3 is 5.73 Å². The largest absolute Gasteiger partial charge is 0.383 e. The average Bonchev–Trinajstić information content (AvgIpc) is 2.80. The quantitative estimate of drug-likeness (QED) is 0.792. The number of rotatable bonds is 1. The van der Waals surface area contributed by atoms with Crippen molar-refractivity contribution in [2.24, 2.45) is 7.05 Å². The predicted octanol–water partition coefficient (Wildman–Crippen LogP) is 2.32. The van der Waals surface area contributed by atoms with E-state index in [0.29, 0.717) is 11.4 Å². The summed E-state index contributed by atoms with van der Waals surface area (Å²) in [5.41, 5.74) is 12.1. The molecular formula is C17H22N5+. The average molecular weight is 296 g/mol. The number of H-pyrrole nitrogens is 1. The standard InChI is InChI=1S/C17H21N5/c1-11-14(10-20-22(11)2)16-12-7-5-3-4-6-8-15(12)21-17(19)13(16)9-18/h10H,3-8H2,1-2H3,(H2,19,21)/p+1. The molecule has 2 aromatic heterocycles. The van der Waals surface area contributed by atoms with Crippen LogP contribution in [0.2, 0.25) is 0 Å². The Morgan fingerprint density at radius 2 is 2.00 bits per heavy atom. The highest BCUT2D eigenvalue weighted by Gasteiger charge is 2.25. The molecular weight excluding hydrogens is 274 g/mol. The van der Waals surface area contributed by atoms with Crippen molar-refractivity contribution in [3.05, 3.63) is 28.7 Å². The number of aryl methyl sites for hydroxylation is 2. The molecule has 0 aromatic carbocycles. The van der Waals surface area contributed by atoms with Crippen molar-refractivity contribution >= 4 is 5.82 Å². The van der Waals surface area contributed by atoms with Crippen LogP contribution in [0.25, 0.3) is 11.1 Å². The fourth-order valence-electron chi connectivity index (χ4n) is 3.32. The number of fused-ring (bicyclic) bond motifs is 1. The summed E-state index contributed by atoms with van der Waals surface area (Å²) in [5, 5.41) is 12.8. The molecule has 0 spiro atoms. The lowest BCUT2D eigenvalue weighted by molar-refractivity contribution is -0.732. The van der Waals surface area contributed by atoms with Crippen LogP contribution < -0.4 is 10.4 Å². The summed E-state index contributed by atoms with van der Waals surface area (Å²) in [6, 6.07) is 2.27. The lowest BCUT2D eigenvalue weighted by Crippen LogP contribution is -2.32. The summed E-state index contributed by atoms with van der Waals surface area (Å²) in [5.74, 6) is 0.361. The molecule has 22 heavy (non-hydrogen) atoms. The molecule has 0 saturated heterocycles. The summed E-state index contributed by atoms with van der Waals surface area (Å²) in [7, 11) is 1.97. The van der Waals surface area contributed by atoms with E-state index in [9.17, 15) is 5.26 Å². The normalized spacial score (nSPS) is 14.8. The number of nitrogens with one attached hydrogen (secondary N) is 1. The van der Waals surface area contributed by atoms with Gasteiger partial charge in [-0.15, -0.1) is 4.68 Å². The molecule has 1 aliphatic rings. The molecule has 0 radical (unpaired) electrons. The molecule has 0 fully saturated rings. The van der Waals surface area contributed by atoms with Gasteiger partial charge in [0.05, 0.1) is 11.8 Å². The minimum absolute atomic E-state index is 0.361. The van der Waals surface area contributed by atoms with Gasteiger partial charge in [0, 0.05) is 18.2 Å². The second-order valence-electron chi connectivity index (χ2n) is 6.03. The van der Waals surface area contributed by atoms with E-state index in [1.54, 1.807) is 0 Å². The topological polar surface area (TPSA) is 82.4 Å². The van der Waals surface area contributed by atoms with Crippen molar-refractivity contribution < 1.29 is 4.68 Å². The summed E-state index contributed by atoms with van der Waals surface area (Å²) >= 11 is 0. The highest BCUT2D eigenvalue weighted by Crippen LogP contribution is 2.35. The Morgan fingerprint density at radius 1 is 1.27 bits per heavy atom. The predicted molar refractivity (Wildman–Crippen MR) is 84.9 cm³/mol. The molecule has 3 N–H and O–H groups in total. The molecule has 114 valence electrons. The first-order chi connectivity index (χ1) is 10.6. The van der Waals surface area contributed by atoms with Gasteiger partial charge in [0.25, 0.3) is 0 Å². The molecule has 2 heterocycles. The fourth-order valence-corrected chi connectivity index (χ4v) is 3.32. The van der Waals surface area contributed by atoms with Crippen molar-refractivity contribution in [3.63, 3.8) is 0 Å². The van der Waals surface area contributed by atoms with Crippen molar-refractivity contribution in [2.45, 2.75) is 45.4 Å². The van der Waals surface area contributed by atoms with Gasteiger partial charge >= 0.3 is 0 Å². The number of aromatic amines is 1. The van der Waals surface area contributed by atoms with E-state index in [4.69, 9.17) is 5.73 Å². The van der Waals surface area contributed by atoms with Gasteiger partial charge in [-0.25, -0.2) is 4.98 Å². The second kappa shape index (κ2) is 5.80. The number of aromatic nitrogens is 3. The van der Waals surface area contributed by atoms with Gasteiger partial charge in [-0.2, -0.15) is 10.4 Å². The smallest absolute Gasteiger partial charge is 0.212 e.